The fourth-order valence-corrected chi connectivity index (χ4v) is 4.09. The highest BCUT2D eigenvalue weighted by Crippen LogP contribution is 2.32. The van der Waals surface area contributed by atoms with Crippen LogP contribution in [0, 0.1) is 0 Å². The molecule has 3 heterocycles. The van der Waals surface area contributed by atoms with Crippen molar-refractivity contribution in [2.75, 3.05) is 25.0 Å². The van der Waals surface area contributed by atoms with Crippen LogP contribution >= 0.6 is 11.6 Å². The molecule has 0 aliphatic carbocycles. The second kappa shape index (κ2) is 7.11. The number of aromatic amines is 1. The highest BCUT2D eigenvalue weighted by atomic mass is 35.5. The van der Waals surface area contributed by atoms with Crippen LogP contribution in [0.2, 0.25) is 5.28 Å². The zero-order chi connectivity index (χ0) is 19.0. The number of H-pyrrole nitrogens is 1. The second-order valence-corrected chi connectivity index (χ2v) is 7.85. The summed E-state index contributed by atoms with van der Waals surface area (Å²) in [7, 11) is 1.97. The Hall–Kier alpha value is -2.15. The van der Waals surface area contributed by atoms with Gasteiger partial charge in [0.2, 0.25) is 5.28 Å². The molecule has 0 bridgehead atoms. The summed E-state index contributed by atoms with van der Waals surface area (Å²) in [6, 6.07) is 12.3. The monoisotopic (exact) mass is 385 g/mol. The largest absolute Gasteiger partial charge is 0.388 e. The third kappa shape index (κ3) is 3.65. The molecule has 27 heavy (non-hydrogen) atoms. The normalized spacial score (nSPS) is 23.6. The molecule has 0 saturated carbocycles. The van der Waals surface area contributed by atoms with Crippen molar-refractivity contribution >= 4 is 28.5 Å². The van der Waals surface area contributed by atoms with E-state index in [-0.39, 0.29) is 11.3 Å². The van der Waals surface area contributed by atoms with Crippen LogP contribution in [-0.4, -0.2) is 56.7 Å². The molecule has 1 unspecified atom stereocenters. The van der Waals surface area contributed by atoms with Crippen LogP contribution in [0.1, 0.15) is 18.9 Å². The number of piperidine rings is 1. The number of anilines is 1. The number of aromatic nitrogens is 3. The molecule has 0 spiro atoms. The predicted molar refractivity (Wildman–Crippen MR) is 108 cm³/mol. The van der Waals surface area contributed by atoms with E-state index >= 15 is 0 Å². The maximum Gasteiger partial charge on any atom is 0.226 e. The van der Waals surface area contributed by atoms with E-state index in [1.165, 1.54) is 5.56 Å². The van der Waals surface area contributed by atoms with Gasteiger partial charge in [0.05, 0.1) is 17.0 Å². The zero-order valence-electron chi connectivity index (χ0n) is 15.6. The lowest BCUT2D eigenvalue weighted by atomic mass is 9.87. The van der Waals surface area contributed by atoms with E-state index in [2.05, 4.69) is 44.1 Å². The summed E-state index contributed by atoms with van der Waals surface area (Å²) < 4.78 is 0. The van der Waals surface area contributed by atoms with Gasteiger partial charge < -0.3 is 15.0 Å². The van der Waals surface area contributed by atoms with Crippen LogP contribution in [0.5, 0.6) is 0 Å². The van der Waals surface area contributed by atoms with Gasteiger partial charge in [0.25, 0.3) is 0 Å². The van der Waals surface area contributed by atoms with Crippen LogP contribution in [0.25, 0.3) is 11.0 Å². The van der Waals surface area contributed by atoms with E-state index in [4.69, 9.17) is 11.6 Å². The standard InChI is InChI=1S/C20H24ClN5O/c1-20(27)9-11-26(12-14-6-4-3-5-7-14)13-16(20)25(2)18-15-8-10-22-17(15)23-19(21)24-18/h3-8,10,16,27H,9,11-13H2,1-2H3,(H,22,23,24)/t16-,20?/m0/s1. The highest BCUT2D eigenvalue weighted by Gasteiger charge is 2.41. The molecule has 4 rings (SSSR count). The number of fused-ring (bicyclic) bond motifs is 1. The van der Waals surface area contributed by atoms with Crippen LogP contribution in [0.4, 0.5) is 5.82 Å². The Bertz CT molecular complexity index is 927. The number of halogens is 1. The molecular weight excluding hydrogens is 362 g/mol. The van der Waals surface area contributed by atoms with E-state index in [1.807, 2.05) is 37.2 Å². The van der Waals surface area contributed by atoms with E-state index in [0.29, 0.717) is 12.1 Å². The van der Waals surface area contributed by atoms with Crippen molar-refractivity contribution in [3.05, 3.63) is 53.4 Å². The summed E-state index contributed by atoms with van der Waals surface area (Å²) >= 11 is 6.13. The SMILES string of the molecule is CN(c1nc(Cl)nc2[nH]ccc12)[C@H]1CN(Cc2ccccc2)CCC1(C)O. The van der Waals surface area contributed by atoms with Crippen molar-refractivity contribution in [1.29, 1.82) is 0 Å². The minimum Gasteiger partial charge on any atom is -0.388 e. The number of nitrogens with zero attached hydrogens (tertiary/aromatic N) is 4. The lowest BCUT2D eigenvalue weighted by molar-refractivity contribution is -0.0269. The molecule has 0 amide bonds. The third-order valence-corrected chi connectivity index (χ3v) is 5.67. The first-order valence-electron chi connectivity index (χ1n) is 9.16. The number of likely N-dealkylation sites (tertiary alicyclic amines) is 1. The van der Waals surface area contributed by atoms with Gasteiger partial charge in [0.15, 0.2) is 0 Å². The Kier molecular flexibility index (Phi) is 4.80. The van der Waals surface area contributed by atoms with Gasteiger partial charge in [0.1, 0.15) is 11.5 Å². The maximum absolute atomic E-state index is 11.1. The van der Waals surface area contributed by atoms with Crippen molar-refractivity contribution < 1.29 is 5.11 Å². The lowest BCUT2D eigenvalue weighted by Gasteiger charge is -2.47. The Morgan fingerprint density at radius 2 is 2.07 bits per heavy atom. The van der Waals surface area contributed by atoms with Crippen molar-refractivity contribution in [3.63, 3.8) is 0 Å². The number of likely N-dealkylation sites (N-methyl/N-ethyl adjacent to an activating group) is 1. The van der Waals surface area contributed by atoms with Crippen molar-refractivity contribution in [1.82, 2.24) is 19.9 Å². The molecular formula is C20H24ClN5O. The summed E-state index contributed by atoms with van der Waals surface area (Å²) in [6.45, 7) is 4.37. The highest BCUT2D eigenvalue weighted by molar-refractivity contribution is 6.28. The summed E-state index contributed by atoms with van der Waals surface area (Å²) in [5.41, 5.74) is 1.16. The first-order chi connectivity index (χ1) is 12.9. The molecule has 2 N–H and O–H groups in total. The lowest BCUT2D eigenvalue weighted by Crippen LogP contribution is -2.60. The maximum atomic E-state index is 11.1. The van der Waals surface area contributed by atoms with E-state index in [1.54, 1.807) is 0 Å². The van der Waals surface area contributed by atoms with Gasteiger partial charge in [-0.25, -0.2) is 0 Å². The average Bonchev–Trinajstić information content (AvgIpc) is 3.11. The fourth-order valence-electron chi connectivity index (χ4n) is 3.92. The van der Waals surface area contributed by atoms with Gasteiger partial charge in [-0.3, -0.25) is 4.90 Å². The molecule has 142 valence electrons. The number of nitrogens with one attached hydrogen (secondary N) is 1. The van der Waals surface area contributed by atoms with Crippen LogP contribution in [-0.2, 0) is 6.54 Å². The summed E-state index contributed by atoms with van der Waals surface area (Å²) in [5.74, 6) is 0.734. The molecule has 2 aromatic heterocycles. The third-order valence-electron chi connectivity index (χ3n) is 5.50. The quantitative estimate of drug-likeness (QED) is 0.675. The smallest absolute Gasteiger partial charge is 0.226 e. The summed E-state index contributed by atoms with van der Waals surface area (Å²) in [6.07, 6.45) is 2.53. The Labute approximate surface area is 163 Å². The van der Waals surface area contributed by atoms with Crippen molar-refractivity contribution in [2.45, 2.75) is 31.5 Å². The van der Waals surface area contributed by atoms with Crippen LogP contribution in [0.3, 0.4) is 0 Å². The summed E-state index contributed by atoms with van der Waals surface area (Å²) in [5, 5.41) is 12.2. The number of benzene rings is 1. The summed E-state index contributed by atoms with van der Waals surface area (Å²) in [4.78, 5) is 16.2. The average molecular weight is 386 g/mol. The fraction of sp³-hybridized carbons (Fsp3) is 0.400. The van der Waals surface area contributed by atoms with Gasteiger partial charge in [-0.2, -0.15) is 9.97 Å². The Morgan fingerprint density at radius 1 is 1.30 bits per heavy atom. The Morgan fingerprint density at radius 3 is 2.85 bits per heavy atom. The van der Waals surface area contributed by atoms with Gasteiger partial charge in [0, 0.05) is 32.9 Å². The molecule has 3 aromatic rings. The Balaban J connectivity index is 1.62. The van der Waals surface area contributed by atoms with E-state index in [9.17, 15) is 5.11 Å². The first kappa shape index (κ1) is 18.2. The second-order valence-electron chi connectivity index (χ2n) is 7.51. The minimum atomic E-state index is -0.817. The number of rotatable bonds is 4. The number of aliphatic hydroxyl groups is 1. The topological polar surface area (TPSA) is 68.3 Å². The molecule has 1 aliphatic rings. The number of hydrogen-bond acceptors (Lipinski definition) is 5. The molecule has 1 aliphatic heterocycles. The van der Waals surface area contributed by atoms with Gasteiger partial charge in [-0.1, -0.05) is 30.3 Å². The molecule has 0 radical (unpaired) electrons. The van der Waals surface area contributed by atoms with Crippen molar-refractivity contribution in [2.24, 2.45) is 0 Å². The molecule has 6 nitrogen and oxygen atoms in total. The van der Waals surface area contributed by atoms with E-state index < -0.39 is 5.60 Å². The predicted octanol–water partition coefficient (Wildman–Crippen LogP) is 3.07. The molecule has 7 heteroatoms. The van der Waals surface area contributed by atoms with E-state index in [0.717, 1.165) is 30.8 Å². The minimum absolute atomic E-state index is 0.112. The first-order valence-corrected chi connectivity index (χ1v) is 9.54. The van der Waals surface area contributed by atoms with Gasteiger partial charge in [-0.05, 0) is 36.6 Å². The molecule has 1 aromatic carbocycles. The van der Waals surface area contributed by atoms with Crippen LogP contribution < -0.4 is 4.90 Å². The van der Waals surface area contributed by atoms with Gasteiger partial charge >= 0.3 is 0 Å². The molecule has 1 saturated heterocycles. The number of hydrogen-bond donors (Lipinski definition) is 2. The van der Waals surface area contributed by atoms with Crippen LogP contribution in [0.15, 0.2) is 42.6 Å². The zero-order valence-corrected chi connectivity index (χ0v) is 16.3. The molecule has 2 atom stereocenters. The molecule has 1 fully saturated rings. The van der Waals surface area contributed by atoms with Gasteiger partial charge in [-0.15, -0.1) is 0 Å². The van der Waals surface area contributed by atoms with Crippen molar-refractivity contribution in [3.8, 4) is 0 Å².